The maximum absolute atomic E-state index is 13.4. The molecular formula is C20H30FN5. The largest absolute Gasteiger partial charge is 0.340 e. The minimum Gasteiger partial charge on any atom is -0.340 e. The quantitative estimate of drug-likeness (QED) is 0.894. The second-order valence-electron chi connectivity index (χ2n) is 8.11. The number of benzene rings is 1. The van der Waals surface area contributed by atoms with E-state index in [1.54, 1.807) is 0 Å². The lowest BCUT2D eigenvalue weighted by Crippen LogP contribution is -2.71. The van der Waals surface area contributed by atoms with Crippen LogP contribution in [0.15, 0.2) is 24.3 Å². The number of likely N-dealkylation sites (N-methyl/N-ethyl adjacent to an activating group) is 1. The summed E-state index contributed by atoms with van der Waals surface area (Å²) in [6, 6.07) is 7.25. The van der Waals surface area contributed by atoms with Crippen molar-refractivity contribution in [3.05, 3.63) is 35.6 Å². The van der Waals surface area contributed by atoms with Crippen LogP contribution in [-0.2, 0) is 0 Å². The van der Waals surface area contributed by atoms with Crippen LogP contribution in [0, 0.1) is 11.2 Å². The number of nitrogens with one attached hydrogen (secondary N) is 1. The predicted octanol–water partition coefficient (Wildman–Crippen LogP) is 1.87. The molecule has 1 aromatic rings. The third-order valence-corrected chi connectivity index (χ3v) is 6.38. The van der Waals surface area contributed by atoms with Crippen LogP contribution >= 0.6 is 0 Å². The zero-order chi connectivity index (χ0) is 18.3. The minimum absolute atomic E-state index is 0.0682. The normalized spacial score (nSPS) is 29.8. The van der Waals surface area contributed by atoms with E-state index in [2.05, 4.69) is 33.7 Å². The first-order valence-corrected chi connectivity index (χ1v) is 9.78. The van der Waals surface area contributed by atoms with Gasteiger partial charge in [-0.05, 0) is 57.7 Å². The van der Waals surface area contributed by atoms with Crippen molar-refractivity contribution in [3.63, 3.8) is 0 Å². The van der Waals surface area contributed by atoms with E-state index in [1.165, 1.54) is 12.1 Å². The number of piperidine rings is 1. The molecule has 0 aromatic heterocycles. The van der Waals surface area contributed by atoms with Gasteiger partial charge in [0.1, 0.15) is 11.7 Å². The molecule has 0 radical (unpaired) electrons. The van der Waals surface area contributed by atoms with E-state index < -0.39 is 0 Å². The first kappa shape index (κ1) is 17.9. The summed E-state index contributed by atoms with van der Waals surface area (Å²) in [5.74, 6) is 0.580. The number of halogens is 1. The van der Waals surface area contributed by atoms with Crippen LogP contribution in [0.1, 0.15) is 24.3 Å². The molecule has 0 aliphatic carbocycles. The zero-order valence-corrected chi connectivity index (χ0v) is 15.9. The first-order valence-electron chi connectivity index (χ1n) is 9.78. The molecule has 6 heteroatoms. The maximum atomic E-state index is 13.4. The van der Waals surface area contributed by atoms with Gasteiger partial charge >= 0.3 is 0 Å². The molecule has 0 amide bonds. The molecule has 0 saturated carbocycles. The third kappa shape index (κ3) is 3.26. The van der Waals surface area contributed by atoms with E-state index >= 15 is 0 Å². The van der Waals surface area contributed by atoms with Crippen molar-refractivity contribution in [2.45, 2.75) is 31.0 Å². The van der Waals surface area contributed by atoms with Crippen LogP contribution in [0.5, 0.6) is 0 Å². The van der Waals surface area contributed by atoms with E-state index in [9.17, 15) is 4.39 Å². The number of hydrogen-bond acceptors (Lipinski definition) is 4. The molecule has 0 bridgehead atoms. The van der Waals surface area contributed by atoms with Crippen LogP contribution < -0.4 is 0 Å². The van der Waals surface area contributed by atoms with Crippen LogP contribution in [0.3, 0.4) is 0 Å². The van der Waals surface area contributed by atoms with Gasteiger partial charge in [-0.15, -0.1) is 0 Å². The summed E-state index contributed by atoms with van der Waals surface area (Å²) < 4.78 is 13.4. The van der Waals surface area contributed by atoms with E-state index in [0.717, 1.165) is 63.5 Å². The Balaban J connectivity index is 1.57. The summed E-state index contributed by atoms with van der Waals surface area (Å²) in [5, 5.41) is 8.79. The van der Waals surface area contributed by atoms with Gasteiger partial charge in [0.2, 0.25) is 0 Å². The molecule has 3 saturated heterocycles. The summed E-state index contributed by atoms with van der Waals surface area (Å²) in [4.78, 5) is 9.66. The Hall–Kier alpha value is -1.50. The molecule has 3 heterocycles. The Morgan fingerprint density at radius 3 is 2.08 bits per heavy atom. The van der Waals surface area contributed by atoms with Gasteiger partial charge in [-0.2, -0.15) is 0 Å². The molecule has 4 rings (SSSR count). The number of nitrogens with zero attached hydrogens (tertiary/aromatic N) is 4. The average molecular weight is 359 g/mol. The molecule has 1 N–H and O–H groups in total. The van der Waals surface area contributed by atoms with Gasteiger partial charge < -0.3 is 14.7 Å². The van der Waals surface area contributed by atoms with Crippen molar-refractivity contribution in [2.75, 3.05) is 53.4 Å². The highest BCUT2D eigenvalue weighted by Crippen LogP contribution is 2.41. The van der Waals surface area contributed by atoms with Crippen molar-refractivity contribution in [1.82, 2.24) is 19.6 Å². The second kappa shape index (κ2) is 7.25. The number of rotatable bonds is 3. The highest BCUT2D eigenvalue weighted by atomic mass is 19.1. The van der Waals surface area contributed by atoms with E-state index in [0.29, 0.717) is 6.04 Å². The lowest BCUT2D eigenvalue weighted by molar-refractivity contribution is -0.0244. The van der Waals surface area contributed by atoms with Crippen LogP contribution in [0.2, 0.25) is 0 Å². The van der Waals surface area contributed by atoms with Crippen molar-refractivity contribution in [3.8, 4) is 0 Å². The van der Waals surface area contributed by atoms with E-state index in [1.807, 2.05) is 12.1 Å². The molecule has 3 aliphatic heterocycles. The highest BCUT2D eigenvalue weighted by molar-refractivity contribution is 5.93. The fourth-order valence-electron chi connectivity index (χ4n) is 4.68. The molecule has 2 atom stereocenters. The van der Waals surface area contributed by atoms with Gasteiger partial charge in [0.05, 0.1) is 12.1 Å². The Bertz CT molecular complexity index is 632. The lowest BCUT2D eigenvalue weighted by Gasteiger charge is -2.59. The van der Waals surface area contributed by atoms with Crippen LogP contribution in [-0.4, -0.2) is 91.0 Å². The van der Waals surface area contributed by atoms with E-state index in [4.69, 9.17) is 5.41 Å². The third-order valence-electron chi connectivity index (χ3n) is 6.38. The molecule has 3 aliphatic rings. The number of likely N-dealkylation sites (tertiary alicyclic amines) is 2. The van der Waals surface area contributed by atoms with E-state index in [-0.39, 0.29) is 17.9 Å². The zero-order valence-electron chi connectivity index (χ0n) is 15.9. The van der Waals surface area contributed by atoms with Gasteiger partial charge in [0, 0.05) is 32.2 Å². The number of amidine groups is 1. The van der Waals surface area contributed by atoms with Gasteiger partial charge in [-0.3, -0.25) is 10.3 Å². The molecule has 142 valence electrons. The fraction of sp³-hybridized carbons (Fsp3) is 0.650. The fourth-order valence-corrected chi connectivity index (χ4v) is 4.68. The van der Waals surface area contributed by atoms with Gasteiger partial charge in [0.25, 0.3) is 0 Å². The minimum atomic E-state index is -0.206. The highest BCUT2D eigenvalue weighted by Gasteiger charge is 2.51. The van der Waals surface area contributed by atoms with Gasteiger partial charge in [0.15, 0.2) is 0 Å². The summed E-state index contributed by atoms with van der Waals surface area (Å²) >= 11 is 0. The molecule has 26 heavy (non-hydrogen) atoms. The molecule has 1 aromatic carbocycles. The Morgan fingerprint density at radius 1 is 0.885 bits per heavy atom. The SMILES string of the molecule is CN1CCC(N2C(=N)C(c3ccc(F)cc3)C2N2CCN(C)CC2)CC1. The van der Waals surface area contributed by atoms with Crippen molar-refractivity contribution < 1.29 is 4.39 Å². The van der Waals surface area contributed by atoms with Gasteiger partial charge in [-0.1, -0.05) is 12.1 Å². The number of piperazine rings is 1. The Kier molecular flexibility index (Phi) is 4.99. The molecule has 3 fully saturated rings. The topological polar surface area (TPSA) is 36.8 Å². The molecule has 2 unspecified atom stereocenters. The summed E-state index contributed by atoms with van der Waals surface area (Å²) in [5.41, 5.74) is 1.07. The predicted molar refractivity (Wildman–Crippen MR) is 102 cm³/mol. The standard InChI is InChI=1S/C20H30FN5/c1-23-9-7-17(8-10-23)26-19(22)18(15-3-5-16(21)6-4-15)20(26)25-13-11-24(2)12-14-25/h3-6,17-18,20,22H,7-14H2,1-2H3. The number of hydrogen-bond donors (Lipinski definition) is 1. The molecule has 5 nitrogen and oxygen atoms in total. The van der Waals surface area contributed by atoms with Crippen LogP contribution in [0.25, 0.3) is 0 Å². The van der Waals surface area contributed by atoms with Gasteiger partial charge in [-0.25, -0.2) is 4.39 Å². The maximum Gasteiger partial charge on any atom is 0.123 e. The monoisotopic (exact) mass is 359 g/mol. The summed E-state index contributed by atoms with van der Waals surface area (Å²) in [6.45, 7) is 6.42. The Labute approximate surface area is 155 Å². The summed E-state index contributed by atoms with van der Waals surface area (Å²) in [7, 11) is 4.35. The van der Waals surface area contributed by atoms with Crippen molar-refractivity contribution in [1.29, 1.82) is 5.41 Å². The molecular weight excluding hydrogens is 329 g/mol. The Morgan fingerprint density at radius 2 is 1.46 bits per heavy atom. The van der Waals surface area contributed by atoms with Crippen LogP contribution in [0.4, 0.5) is 4.39 Å². The van der Waals surface area contributed by atoms with Crippen molar-refractivity contribution in [2.24, 2.45) is 0 Å². The second-order valence-corrected chi connectivity index (χ2v) is 8.11. The lowest BCUT2D eigenvalue weighted by atomic mass is 9.81. The average Bonchev–Trinajstić information content (AvgIpc) is 2.64. The van der Waals surface area contributed by atoms with Crippen molar-refractivity contribution >= 4 is 5.84 Å². The molecule has 0 spiro atoms. The smallest absolute Gasteiger partial charge is 0.123 e. The first-order chi connectivity index (χ1) is 12.5. The summed E-state index contributed by atoms with van der Waals surface area (Å²) in [6.07, 6.45) is 2.49.